The summed E-state index contributed by atoms with van der Waals surface area (Å²) in [6.45, 7) is 4.85. The quantitative estimate of drug-likeness (QED) is 0.252. The maximum atomic E-state index is 13.7. The SMILES string of the molecule is COc1cc(-c2cn(C)c(=O)c(C)c2C)cc(OC)c1CN1CC(=O)c2cc(-c3cccc4c3n(C)c(=O)n4C3CCC(=O)NC3=O)ccc2C1. The Morgan fingerprint density at radius 1 is 0.824 bits per heavy atom. The zero-order valence-electron chi connectivity index (χ0n) is 29.5. The second kappa shape index (κ2) is 12.9. The number of carbonyl (C=O) groups excluding carboxylic acids is 3. The van der Waals surface area contributed by atoms with Crippen molar-refractivity contribution in [2.75, 3.05) is 20.8 Å². The minimum Gasteiger partial charge on any atom is -0.496 e. The Morgan fingerprint density at radius 3 is 2.24 bits per heavy atom. The molecule has 4 heterocycles. The van der Waals surface area contributed by atoms with Gasteiger partial charge in [0, 0.05) is 62.1 Å². The van der Waals surface area contributed by atoms with Crippen LogP contribution < -0.4 is 26.0 Å². The molecule has 7 rings (SSSR count). The van der Waals surface area contributed by atoms with E-state index in [1.165, 1.54) is 9.13 Å². The molecule has 1 unspecified atom stereocenters. The molecule has 12 heteroatoms. The number of carbonyl (C=O) groups is 3. The van der Waals surface area contributed by atoms with Gasteiger partial charge < -0.3 is 14.0 Å². The molecule has 0 aliphatic carbocycles. The standard InChI is InChI=1S/C39H39N5O7/c1-21-22(2)38(48)41(3)18-28(21)25-15-33(50-5)29(34(16-25)51-6)19-43-17-24-11-10-23(14-27(24)32(45)20-43)26-8-7-9-30-36(26)42(4)39(49)44(30)31-12-13-35(46)40-37(31)47/h7-11,14-16,18,31H,12-13,17,19-20H2,1-6H3,(H,40,46,47). The third-order valence-electron chi connectivity index (χ3n) is 10.3. The Labute approximate surface area is 293 Å². The van der Waals surface area contributed by atoms with Gasteiger partial charge in [-0.1, -0.05) is 24.3 Å². The first kappa shape index (κ1) is 33.7. The van der Waals surface area contributed by atoms with Crippen molar-refractivity contribution in [3.63, 3.8) is 0 Å². The number of ether oxygens (including phenoxy) is 2. The van der Waals surface area contributed by atoms with E-state index in [0.29, 0.717) is 46.7 Å². The molecule has 3 aromatic carbocycles. The average molecular weight is 690 g/mol. The lowest BCUT2D eigenvalue weighted by molar-refractivity contribution is -0.135. The molecule has 2 aromatic heterocycles. The van der Waals surface area contributed by atoms with Gasteiger partial charge in [-0.15, -0.1) is 0 Å². The van der Waals surface area contributed by atoms with E-state index in [1.807, 2.05) is 62.5 Å². The Morgan fingerprint density at radius 2 is 1.55 bits per heavy atom. The molecule has 2 amide bonds. The van der Waals surface area contributed by atoms with E-state index in [-0.39, 0.29) is 42.3 Å². The van der Waals surface area contributed by atoms with Crippen LogP contribution in [0.25, 0.3) is 33.3 Å². The minimum absolute atomic E-state index is 0.0360. The van der Waals surface area contributed by atoms with Gasteiger partial charge in [-0.3, -0.25) is 38.5 Å². The lowest BCUT2D eigenvalue weighted by Crippen LogP contribution is -2.44. The Kier molecular flexibility index (Phi) is 8.50. The van der Waals surface area contributed by atoms with Crippen LogP contribution in [-0.4, -0.2) is 57.0 Å². The molecule has 2 aliphatic heterocycles. The smallest absolute Gasteiger partial charge is 0.329 e. The molecule has 0 saturated carbocycles. The molecule has 0 spiro atoms. The molecule has 1 saturated heterocycles. The van der Waals surface area contributed by atoms with E-state index in [4.69, 9.17) is 9.47 Å². The van der Waals surface area contributed by atoms with Gasteiger partial charge >= 0.3 is 5.69 Å². The van der Waals surface area contributed by atoms with Gasteiger partial charge in [-0.05, 0) is 66.8 Å². The number of rotatable bonds is 7. The normalized spacial score (nSPS) is 16.4. The van der Waals surface area contributed by atoms with Crippen molar-refractivity contribution in [1.29, 1.82) is 0 Å². The highest BCUT2D eigenvalue weighted by atomic mass is 16.5. The van der Waals surface area contributed by atoms with Gasteiger partial charge in [-0.25, -0.2) is 4.79 Å². The number of imide groups is 1. The van der Waals surface area contributed by atoms with Crippen molar-refractivity contribution in [2.45, 2.75) is 45.8 Å². The molecule has 12 nitrogen and oxygen atoms in total. The van der Waals surface area contributed by atoms with Crippen LogP contribution in [0.2, 0.25) is 0 Å². The first-order valence-corrected chi connectivity index (χ1v) is 16.8. The largest absolute Gasteiger partial charge is 0.496 e. The maximum Gasteiger partial charge on any atom is 0.329 e. The Bertz CT molecular complexity index is 2390. The number of para-hydroxylation sites is 1. The number of imidazole rings is 1. The number of aryl methyl sites for hydroxylation is 2. The number of benzene rings is 3. The first-order valence-electron chi connectivity index (χ1n) is 16.8. The molecule has 0 bridgehead atoms. The zero-order chi connectivity index (χ0) is 36.3. The van der Waals surface area contributed by atoms with Crippen LogP contribution in [0.1, 0.15) is 51.5 Å². The second-order valence-corrected chi connectivity index (χ2v) is 13.4. The molecule has 2 aliphatic rings. The minimum atomic E-state index is -0.791. The molecule has 1 fully saturated rings. The van der Waals surface area contributed by atoms with Crippen molar-refractivity contribution in [3.05, 3.63) is 103 Å². The van der Waals surface area contributed by atoms with Crippen molar-refractivity contribution in [3.8, 4) is 33.8 Å². The first-order chi connectivity index (χ1) is 24.4. The summed E-state index contributed by atoms with van der Waals surface area (Å²) in [5, 5.41) is 2.35. The number of nitrogens with one attached hydrogen (secondary N) is 1. The van der Waals surface area contributed by atoms with E-state index in [0.717, 1.165) is 38.9 Å². The van der Waals surface area contributed by atoms with E-state index >= 15 is 0 Å². The number of methoxy groups -OCH3 is 2. The highest BCUT2D eigenvalue weighted by Crippen LogP contribution is 2.39. The van der Waals surface area contributed by atoms with Crippen LogP contribution >= 0.6 is 0 Å². The summed E-state index contributed by atoms with van der Waals surface area (Å²) in [7, 11) is 6.61. The third kappa shape index (κ3) is 5.65. The van der Waals surface area contributed by atoms with Crippen LogP contribution in [0.15, 0.2) is 64.3 Å². The zero-order valence-corrected chi connectivity index (χ0v) is 29.5. The molecular weight excluding hydrogens is 650 g/mol. The van der Waals surface area contributed by atoms with E-state index < -0.39 is 11.9 Å². The number of hydrogen-bond donors (Lipinski definition) is 1. The van der Waals surface area contributed by atoms with E-state index in [1.54, 1.807) is 38.9 Å². The number of hydrogen-bond acceptors (Lipinski definition) is 8. The fraction of sp³-hybridized carbons (Fsp3) is 0.308. The van der Waals surface area contributed by atoms with Crippen LogP contribution in [0.5, 0.6) is 11.5 Å². The van der Waals surface area contributed by atoms with Gasteiger partial charge in [-0.2, -0.15) is 0 Å². The Hall–Kier alpha value is -5.75. The molecule has 1 N–H and O–H groups in total. The highest BCUT2D eigenvalue weighted by Gasteiger charge is 2.32. The molecule has 1 atom stereocenters. The van der Waals surface area contributed by atoms with Crippen LogP contribution in [0.3, 0.4) is 0 Å². The summed E-state index contributed by atoms with van der Waals surface area (Å²) in [4.78, 5) is 66.3. The molecule has 0 radical (unpaired) electrons. The fourth-order valence-corrected chi connectivity index (χ4v) is 7.53. The summed E-state index contributed by atoms with van der Waals surface area (Å²) in [5.41, 5.74) is 8.00. The topological polar surface area (TPSA) is 134 Å². The number of nitrogens with zero attached hydrogens (tertiary/aromatic N) is 4. The summed E-state index contributed by atoms with van der Waals surface area (Å²) in [5.74, 6) is 0.363. The van der Waals surface area contributed by atoms with Crippen molar-refractivity contribution >= 4 is 28.6 Å². The second-order valence-electron chi connectivity index (χ2n) is 13.4. The van der Waals surface area contributed by atoms with Crippen LogP contribution in [-0.2, 0) is 36.8 Å². The van der Waals surface area contributed by atoms with Crippen molar-refractivity contribution < 1.29 is 23.9 Å². The predicted octanol–water partition coefficient (Wildman–Crippen LogP) is 4.18. The molecule has 262 valence electrons. The molecule has 5 aromatic rings. The predicted molar refractivity (Wildman–Crippen MR) is 192 cm³/mol. The van der Waals surface area contributed by atoms with Gasteiger partial charge in [0.15, 0.2) is 5.78 Å². The summed E-state index contributed by atoms with van der Waals surface area (Å²) < 4.78 is 16.3. The number of ketones is 1. The lowest BCUT2D eigenvalue weighted by Gasteiger charge is -2.29. The van der Waals surface area contributed by atoms with E-state index in [9.17, 15) is 24.0 Å². The summed E-state index contributed by atoms with van der Waals surface area (Å²) in [6, 6.07) is 14.4. The number of pyridine rings is 1. The van der Waals surface area contributed by atoms with Gasteiger partial charge in [0.05, 0.1) is 37.4 Å². The van der Waals surface area contributed by atoms with Crippen LogP contribution in [0, 0.1) is 13.8 Å². The van der Waals surface area contributed by atoms with Gasteiger partial charge in [0.1, 0.15) is 17.5 Å². The number of Topliss-reactive ketones (excluding diaryl/α,β-unsaturated/α-hetero) is 1. The number of fused-ring (bicyclic) bond motifs is 2. The maximum absolute atomic E-state index is 13.7. The number of piperidine rings is 1. The van der Waals surface area contributed by atoms with Crippen molar-refractivity contribution in [2.24, 2.45) is 14.1 Å². The number of amides is 2. The highest BCUT2D eigenvalue weighted by molar-refractivity contribution is 6.03. The van der Waals surface area contributed by atoms with E-state index in [2.05, 4.69) is 10.2 Å². The monoisotopic (exact) mass is 689 g/mol. The fourth-order valence-electron chi connectivity index (χ4n) is 7.53. The van der Waals surface area contributed by atoms with Gasteiger partial charge in [0.25, 0.3) is 5.56 Å². The van der Waals surface area contributed by atoms with Crippen LogP contribution in [0.4, 0.5) is 0 Å². The number of aromatic nitrogens is 3. The summed E-state index contributed by atoms with van der Waals surface area (Å²) >= 11 is 0. The Balaban J connectivity index is 1.20. The third-order valence-corrected chi connectivity index (χ3v) is 10.3. The molecule has 51 heavy (non-hydrogen) atoms. The lowest BCUT2D eigenvalue weighted by atomic mass is 9.92. The summed E-state index contributed by atoms with van der Waals surface area (Å²) in [6.07, 6.45) is 2.22. The molecular formula is C39H39N5O7. The van der Waals surface area contributed by atoms with Crippen molar-refractivity contribution in [1.82, 2.24) is 23.9 Å². The average Bonchev–Trinajstić information content (AvgIpc) is 3.37. The van der Waals surface area contributed by atoms with Gasteiger partial charge in [0.2, 0.25) is 11.8 Å².